The van der Waals surface area contributed by atoms with E-state index in [1.165, 1.54) is 5.56 Å². The van der Waals surface area contributed by atoms with E-state index in [0.717, 1.165) is 11.3 Å². The third kappa shape index (κ3) is 3.71. The Labute approximate surface area is 141 Å². The molecular formula is C18H22N4O2. The molecule has 1 N–H and O–H groups in total. The summed E-state index contributed by atoms with van der Waals surface area (Å²) < 4.78 is 5.30. The molecule has 6 heteroatoms. The Hall–Kier alpha value is -2.47. The summed E-state index contributed by atoms with van der Waals surface area (Å²) in [4.78, 5) is 23.1. The molecule has 1 aliphatic rings. The summed E-state index contributed by atoms with van der Waals surface area (Å²) in [6, 6.07) is 7.91. The van der Waals surface area contributed by atoms with Crippen molar-refractivity contribution in [1.29, 1.82) is 0 Å². The number of benzene rings is 1. The zero-order valence-electron chi connectivity index (χ0n) is 14.3. The van der Waals surface area contributed by atoms with Gasteiger partial charge >= 0.3 is 0 Å². The van der Waals surface area contributed by atoms with Gasteiger partial charge in [-0.05, 0) is 38.0 Å². The zero-order chi connectivity index (χ0) is 17.1. The van der Waals surface area contributed by atoms with Gasteiger partial charge in [0.15, 0.2) is 0 Å². The first-order chi connectivity index (χ1) is 11.5. The highest BCUT2D eigenvalue weighted by Crippen LogP contribution is 2.21. The maximum Gasteiger partial charge on any atom is 0.272 e. The molecule has 1 aromatic carbocycles. The maximum atomic E-state index is 12.6. The number of hydrogen-bond acceptors (Lipinski definition) is 5. The Morgan fingerprint density at radius 1 is 1.12 bits per heavy atom. The number of rotatable bonds is 3. The lowest BCUT2D eigenvalue weighted by Crippen LogP contribution is -2.41. The number of nitrogens with zero attached hydrogens (tertiary/aromatic N) is 3. The predicted molar refractivity (Wildman–Crippen MR) is 92.7 cm³/mol. The molecule has 1 fully saturated rings. The SMILES string of the molecule is Cc1ccc(C)c(Nc2cc(C(=O)N3CCOCC3)nc(C)n2)c1. The second-order valence-corrected chi connectivity index (χ2v) is 6.03. The lowest BCUT2D eigenvalue weighted by atomic mass is 10.1. The van der Waals surface area contributed by atoms with E-state index in [2.05, 4.69) is 33.5 Å². The minimum absolute atomic E-state index is 0.0761. The molecule has 24 heavy (non-hydrogen) atoms. The van der Waals surface area contributed by atoms with Crippen molar-refractivity contribution < 1.29 is 9.53 Å². The van der Waals surface area contributed by atoms with Crippen LogP contribution < -0.4 is 5.32 Å². The van der Waals surface area contributed by atoms with Gasteiger partial charge < -0.3 is 15.0 Å². The molecule has 0 bridgehead atoms. The highest BCUT2D eigenvalue weighted by atomic mass is 16.5. The van der Waals surface area contributed by atoms with E-state index in [4.69, 9.17) is 4.74 Å². The lowest BCUT2D eigenvalue weighted by molar-refractivity contribution is 0.0299. The molecule has 0 atom stereocenters. The molecule has 1 aliphatic heterocycles. The maximum absolute atomic E-state index is 12.6. The summed E-state index contributed by atoms with van der Waals surface area (Å²) in [5.74, 6) is 1.13. The third-order valence-electron chi connectivity index (χ3n) is 4.01. The monoisotopic (exact) mass is 326 g/mol. The minimum Gasteiger partial charge on any atom is -0.378 e. The molecule has 1 amide bonds. The molecule has 0 radical (unpaired) electrons. The highest BCUT2D eigenvalue weighted by molar-refractivity contribution is 5.93. The van der Waals surface area contributed by atoms with E-state index < -0.39 is 0 Å². The van der Waals surface area contributed by atoms with Crippen molar-refractivity contribution in [3.8, 4) is 0 Å². The average molecular weight is 326 g/mol. The molecule has 0 spiro atoms. The Kier molecular flexibility index (Phi) is 4.76. The normalized spacial score (nSPS) is 14.5. The summed E-state index contributed by atoms with van der Waals surface area (Å²) in [5, 5.41) is 3.31. The van der Waals surface area contributed by atoms with Gasteiger partial charge in [0.25, 0.3) is 5.91 Å². The van der Waals surface area contributed by atoms with Crippen LogP contribution in [0.3, 0.4) is 0 Å². The molecule has 1 aromatic heterocycles. The number of ether oxygens (including phenoxy) is 1. The van der Waals surface area contributed by atoms with Crippen LogP contribution in [0.5, 0.6) is 0 Å². The molecular weight excluding hydrogens is 304 g/mol. The zero-order valence-corrected chi connectivity index (χ0v) is 14.3. The predicted octanol–water partition coefficient (Wildman–Crippen LogP) is 2.62. The van der Waals surface area contributed by atoms with Gasteiger partial charge in [-0.3, -0.25) is 4.79 Å². The van der Waals surface area contributed by atoms with E-state index in [1.54, 1.807) is 17.9 Å². The van der Waals surface area contributed by atoms with Crippen LogP contribution in [0.25, 0.3) is 0 Å². The van der Waals surface area contributed by atoms with Gasteiger partial charge in [0.05, 0.1) is 13.2 Å². The van der Waals surface area contributed by atoms with E-state index in [1.807, 2.05) is 13.8 Å². The molecule has 6 nitrogen and oxygen atoms in total. The molecule has 126 valence electrons. The Balaban J connectivity index is 1.85. The fourth-order valence-electron chi connectivity index (χ4n) is 2.68. The van der Waals surface area contributed by atoms with Gasteiger partial charge in [0.1, 0.15) is 17.3 Å². The van der Waals surface area contributed by atoms with E-state index >= 15 is 0 Å². The average Bonchev–Trinajstić information content (AvgIpc) is 2.58. The number of morpholine rings is 1. The number of carbonyl (C=O) groups excluding carboxylic acids is 1. The first kappa shape index (κ1) is 16.4. The number of anilines is 2. The molecule has 0 saturated carbocycles. The topological polar surface area (TPSA) is 67.4 Å². The quantitative estimate of drug-likeness (QED) is 0.939. The largest absolute Gasteiger partial charge is 0.378 e. The molecule has 0 aliphatic carbocycles. The fourth-order valence-corrected chi connectivity index (χ4v) is 2.68. The summed E-state index contributed by atoms with van der Waals surface area (Å²) >= 11 is 0. The first-order valence-electron chi connectivity index (χ1n) is 8.10. The second-order valence-electron chi connectivity index (χ2n) is 6.03. The van der Waals surface area contributed by atoms with E-state index in [9.17, 15) is 4.79 Å². The summed E-state index contributed by atoms with van der Waals surface area (Å²) in [6.45, 7) is 8.22. The van der Waals surface area contributed by atoms with Crippen molar-refractivity contribution in [2.45, 2.75) is 20.8 Å². The van der Waals surface area contributed by atoms with Gasteiger partial charge in [-0.25, -0.2) is 9.97 Å². The van der Waals surface area contributed by atoms with Crippen molar-refractivity contribution in [3.05, 3.63) is 46.9 Å². The molecule has 1 saturated heterocycles. The fraction of sp³-hybridized carbons (Fsp3) is 0.389. The lowest BCUT2D eigenvalue weighted by Gasteiger charge is -2.26. The number of aryl methyl sites for hydroxylation is 3. The summed E-state index contributed by atoms with van der Waals surface area (Å²) in [5.41, 5.74) is 3.69. The van der Waals surface area contributed by atoms with Crippen molar-refractivity contribution >= 4 is 17.4 Å². The van der Waals surface area contributed by atoms with E-state index in [-0.39, 0.29) is 5.91 Å². The van der Waals surface area contributed by atoms with Crippen molar-refractivity contribution in [1.82, 2.24) is 14.9 Å². The van der Waals surface area contributed by atoms with Crippen LogP contribution in [-0.2, 0) is 4.74 Å². The minimum atomic E-state index is -0.0761. The molecule has 3 rings (SSSR count). The highest BCUT2D eigenvalue weighted by Gasteiger charge is 2.20. The Bertz CT molecular complexity index is 755. The van der Waals surface area contributed by atoms with Crippen LogP contribution in [0, 0.1) is 20.8 Å². The van der Waals surface area contributed by atoms with Gasteiger partial charge in [0.2, 0.25) is 0 Å². The standard InChI is InChI=1S/C18H22N4O2/c1-12-4-5-13(2)15(10-12)21-17-11-16(19-14(3)20-17)18(23)22-6-8-24-9-7-22/h4-5,10-11H,6-9H2,1-3H3,(H,19,20,21). The van der Waals surface area contributed by atoms with Crippen LogP contribution in [0.1, 0.15) is 27.4 Å². The van der Waals surface area contributed by atoms with Crippen molar-refractivity contribution in [3.63, 3.8) is 0 Å². The summed E-state index contributed by atoms with van der Waals surface area (Å²) in [7, 11) is 0. The van der Waals surface area contributed by atoms with Crippen LogP contribution in [0.2, 0.25) is 0 Å². The van der Waals surface area contributed by atoms with Crippen molar-refractivity contribution in [2.75, 3.05) is 31.6 Å². The second kappa shape index (κ2) is 6.97. The third-order valence-corrected chi connectivity index (χ3v) is 4.01. The molecule has 2 heterocycles. The Morgan fingerprint density at radius 3 is 2.62 bits per heavy atom. The smallest absolute Gasteiger partial charge is 0.272 e. The molecule has 0 unspecified atom stereocenters. The number of carbonyl (C=O) groups is 1. The first-order valence-corrected chi connectivity index (χ1v) is 8.10. The van der Waals surface area contributed by atoms with Gasteiger partial charge in [-0.15, -0.1) is 0 Å². The number of aromatic nitrogens is 2. The van der Waals surface area contributed by atoms with Crippen molar-refractivity contribution in [2.24, 2.45) is 0 Å². The number of nitrogens with one attached hydrogen (secondary N) is 1. The van der Waals surface area contributed by atoms with Crippen LogP contribution in [0.4, 0.5) is 11.5 Å². The number of hydrogen-bond donors (Lipinski definition) is 1. The Morgan fingerprint density at radius 2 is 1.88 bits per heavy atom. The van der Waals surface area contributed by atoms with Gasteiger partial charge in [-0.1, -0.05) is 12.1 Å². The molecule has 2 aromatic rings. The van der Waals surface area contributed by atoms with Crippen LogP contribution in [0.15, 0.2) is 24.3 Å². The van der Waals surface area contributed by atoms with Crippen LogP contribution >= 0.6 is 0 Å². The van der Waals surface area contributed by atoms with Crippen LogP contribution in [-0.4, -0.2) is 47.1 Å². The van der Waals surface area contributed by atoms with Gasteiger partial charge in [0, 0.05) is 24.8 Å². The number of amides is 1. The van der Waals surface area contributed by atoms with E-state index in [0.29, 0.717) is 43.6 Å². The van der Waals surface area contributed by atoms with Gasteiger partial charge in [-0.2, -0.15) is 0 Å². The summed E-state index contributed by atoms with van der Waals surface area (Å²) in [6.07, 6.45) is 0.